The molecule has 0 spiro atoms. The number of benzene rings is 1. The van der Waals surface area contributed by atoms with Crippen LogP contribution in [0.25, 0.3) is 11.3 Å². The molecule has 1 atom stereocenters. The van der Waals surface area contributed by atoms with Crippen molar-refractivity contribution in [3.8, 4) is 22.9 Å². The van der Waals surface area contributed by atoms with E-state index in [-0.39, 0.29) is 18.2 Å². The molecule has 6 rings (SSSR count). The second-order valence-corrected chi connectivity index (χ2v) is 8.45. The predicted molar refractivity (Wildman–Crippen MR) is 129 cm³/mol. The van der Waals surface area contributed by atoms with Gasteiger partial charge in [-0.2, -0.15) is 4.98 Å². The lowest BCUT2D eigenvalue weighted by Gasteiger charge is -2.26. The number of oxazole rings is 1. The Bertz CT molecular complexity index is 1450. The molecule has 0 bridgehead atoms. The van der Waals surface area contributed by atoms with Crippen molar-refractivity contribution in [3.05, 3.63) is 107 Å². The highest BCUT2D eigenvalue weighted by atomic mass is 16.6. The molecule has 3 aliphatic rings. The second-order valence-electron chi connectivity index (χ2n) is 8.45. The monoisotopic (exact) mass is 485 g/mol. The van der Waals surface area contributed by atoms with Crippen LogP contribution in [0.3, 0.4) is 0 Å². The van der Waals surface area contributed by atoms with Crippen LogP contribution >= 0.6 is 0 Å². The number of nitrogens with zero attached hydrogens (tertiary/aromatic N) is 3. The minimum Gasteiger partial charge on any atom is -0.484 e. The minimum absolute atomic E-state index is 0.225. The van der Waals surface area contributed by atoms with Crippen molar-refractivity contribution in [1.82, 2.24) is 14.5 Å². The molecule has 0 radical (unpaired) electrons. The first kappa shape index (κ1) is 22.0. The van der Waals surface area contributed by atoms with E-state index < -0.39 is 6.10 Å². The Morgan fingerprint density at radius 1 is 1.17 bits per heavy atom. The molecule has 0 saturated heterocycles. The van der Waals surface area contributed by atoms with Crippen LogP contribution in [-0.4, -0.2) is 20.6 Å². The van der Waals surface area contributed by atoms with Crippen molar-refractivity contribution in [2.75, 3.05) is 0 Å². The fourth-order valence-corrected chi connectivity index (χ4v) is 4.48. The van der Waals surface area contributed by atoms with Gasteiger partial charge in [0.2, 0.25) is 11.8 Å². The lowest BCUT2D eigenvalue weighted by Crippen LogP contribution is -2.31. The Balaban J connectivity index is 1.30. The van der Waals surface area contributed by atoms with E-state index in [2.05, 4.69) is 16.0 Å². The molecule has 4 heterocycles. The zero-order chi connectivity index (χ0) is 24.3. The van der Waals surface area contributed by atoms with Crippen LogP contribution in [0.2, 0.25) is 0 Å². The molecule has 3 aromatic rings. The molecule has 9 nitrogen and oxygen atoms in total. The summed E-state index contributed by atoms with van der Waals surface area (Å²) in [6, 6.07) is 7.61. The van der Waals surface area contributed by atoms with Gasteiger partial charge >= 0.3 is 5.69 Å². The van der Waals surface area contributed by atoms with Crippen molar-refractivity contribution < 1.29 is 23.4 Å². The molecule has 182 valence electrons. The van der Waals surface area contributed by atoms with Gasteiger partial charge in [-0.3, -0.25) is 4.57 Å². The van der Waals surface area contributed by atoms with Gasteiger partial charge in [-0.1, -0.05) is 18.2 Å². The highest BCUT2D eigenvalue weighted by Gasteiger charge is 2.27. The topological polar surface area (TPSA) is 97.8 Å². The SMILES string of the molecule is O=c1nc(OC(C2=CC=CCC2)C2=COC=CO2)cc2n1CCc1cc(OCc3ncco3)ccc1-2. The van der Waals surface area contributed by atoms with Gasteiger partial charge in [0.1, 0.15) is 30.8 Å². The quantitative estimate of drug-likeness (QED) is 0.485. The second kappa shape index (κ2) is 9.61. The van der Waals surface area contributed by atoms with Crippen LogP contribution in [-0.2, 0) is 29.0 Å². The normalized spacial score (nSPS) is 16.6. The number of hydrogen-bond acceptors (Lipinski definition) is 8. The van der Waals surface area contributed by atoms with E-state index in [0.29, 0.717) is 30.4 Å². The standard InChI is InChI=1S/C27H23N3O6/c31-27-29-24(36-26(18-4-2-1-3-5-18)23-16-32-12-13-33-23)15-22-21-7-6-20(14-19(21)8-10-30(22)27)35-17-25-28-9-11-34-25/h1-2,4,6-7,9,11-16,26H,3,5,8,10,17H2. The summed E-state index contributed by atoms with van der Waals surface area (Å²) in [6.45, 7) is 0.761. The number of rotatable bonds is 7. The molecule has 1 unspecified atom stereocenters. The number of ether oxygens (including phenoxy) is 4. The largest absolute Gasteiger partial charge is 0.484 e. The van der Waals surface area contributed by atoms with Crippen LogP contribution in [0, 0.1) is 0 Å². The number of aryl methyl sites for hydroxylation is 1. The molecule has 0 fully saturated rings. The van der Waals surface area contributed by atoms with Gasteiger partial charge in [-0.15, -0.1) is 0 Å². The van der Waals surface area contributed by atoms with Crippen LogP contribution in [0.5, 0.6) is 11.6 Å². The van der Waals surface area contributed by atoms with Crippen molar-refractivity contribution in [3.63, 3.8) is 0 Å². The number of fused-ring (bicyclic) bond motifs is 3. The van der Waals surface area contributed by atoms with Crippen LogP contribution in [0.4, 0.5) is 0 Å². The minimum atomic E-state index is -0.566. The summed E-state index contributed by atoms with van der Waals surface area (Å²) in [6.07, 6.45) is 15.4. The Hall–Kier alpha value is -4.53. The maximum Gasteiger partial charge on any atom is 0.351 e. The number of aromatic nitrogens is 3. The van der Waals surface area contributed by atoms with Gasteiger partial charge < -0.3 is 23.4 Å². The molecule has 2 aromatic heterocycles. The van der Waals surface area contributed by atoms with Gasteiger partial charge in [-0.25, -0.2) is 9.78 Å². The van der Waals surface area contributed by atoms with E-state index in [4.69, 9.17) is 23.4 Å². The summed E-state index contributed by atoms with van der Waals surface area (Å²) in [5, 5.41) is 0. The van der Waals surface area contributed by atoms with Crippen molar-refractivity contribution >= 4 is 0 Å². The van der Waals surface area contributed by atoms with Crippen molar-refractivity contribution in [2.45, 2.75) is 38.5 Å². The molecule has 0 N–H and O–H groups in total. The molecule has 36 heavy (non-hydrogen) atoms. The molecule has 9 heteroatoms. The third-order valence-electron chi connectivity index (χ3n) is 6.19. The lowest BCUT2D eigenvalue weighted by molar-refractivity contribution is 0.154. The van der Waals surface area contributed by atoms with Gasteiger partial charge in [0.15, 0.2) is 18.5 Å². The first-order valence-corrected chi connectivity index (χ1v) is 11.7. The smallest absolute Gasteiger partial charge is 0.351 e. The zero-order valence-electron chi connectivity index (χ0n) is 19.3. The predicted octanol–water partition coefficient (Wildman–Crippen LogP) is 4.42. The average molecular weight is 485 g/mol. The van der Waals surface area contributed by atoms with Crippen LogP contribution < -0.4 is 15.2 Å². The van der Waals surface area contributed by atoms with Crippen molar-refractivity contribution in [2.24, 2.45) is 0 Å². The molecule has 0 saturated carbocycles. The van der Waals surface area contributed by atoms with Gasteiger partial charge in [0.25, 0.3) is 0 Å². The average Bonchev–Trinajstić information content (AvgIpc) is 3.45. The van der Waals surface area contributed by atoms with Gasteiger partial charge in [0, 0.05) is 18.2 Å². The third-order valence-corrected chi connectivity index (χ3v) is 6.19. The summed E-state index contributed by atoms with van der Waals surface area (Å²) in [5.41, 5.74) is 3.41. The summed E-state index contributed by atoms with van der Waals surface area (Å²) < 4.78 is 30.0. The number of allylic oxidation sites excluding steroid dienone is 3. The summed E-state index contributed by atoms with van der Waals surface area (Å²) in [7, 11) is 0. The van der Waals surface area contributed by atoms with E-state index in [1.165, 1.54) is 25.0 Å². The van der Waals surface area contributed by atoms with E-state index >= 15 is 0 Å². The van der Waals surface area contributed by atoms with E-state index in [1.54, 1.807) is 16.8 Å². The number of hydrogen-bond donors (Lipinski definition) is 0. The molecule has 1 aromatic carbocycles. The van der Waals surface area contributed by atoms with Gasteiger partial charge in [-0.05, 0) is 48.6 Å². The maximum absolute atomic E-state index is 13.0. The van der Waals surface area contributed by atoms with Crippen LogP contribution in [0.1, 0.15) is 24.3 Å². The highest BCUT2D eigenvalue weighted by Crippen LogP contribution is 2.34. The van der Waals surface area contributed by atoms with Crippen LogP contribution in [0.15, 0.2) is 94.3 Å². The third kappa shape index (κ3) is 4.43. The lowest BCUT2D eigenvalue weighted by atomic mass is 9.97. The molecule has 1 aliphatic carbocycles. The Kier molecular flexibility index (Phi) is 5.87. The molecule has 0 amide bonds. The zero-order valence-corrected chi connectivity index (χ0v) is 19.3. The van der Waals surface area contributed by atoms with E-state index in [0.717, 1.165) is 35.2 Å². The first-order valence-electron chi connectivity index (χ1n) is 11.7. The Morgan fingerprint density at radius 3 is 2.94 bits per heavy atom. The Labute approximate surface area is 206 Å². The molecular formula is C27H23N3O6. The van der Waals surface area contributed by atoms with Gasteiger partial charge in [0.05, 0.1) is 11.9 Å². The fraction of sp³-hybridized carbons (Fsp3) is 0.222. The fourth-order valence-electron chi connectivity index (χ4n) is 4.48. The van der Waals surface area contributed by atoms with Crippen molar-refractivity contribution in [1.29, 1.82) is 0 Å². The molecule has 2 aliphatic heterocycles. The summed E-state index contributed by atoms with van der Waals surface area (Å²) in [4.78, 5) is 21.2. The van der Waals surface area contributed by atoms with E-state index in [9.17, 15) is 4.79 Å². The summed E-state index contributed by atoms with van der Waals surface area (Å²) >= 11 is 0. The van der Waals surface area contributed by atoms with E-state index in [1.807, 2.05) is 30.4 Å². The highest BCUT2D eigenvalue weighted by molar-refractivity contribution is 5.67. The molecular weight excluding hydrogens is 462 g/mol. The first-order chi connectivity index (χ1) is 17.7. The Morgan fingerprint density at radius 2 is 2.14 bits per heavy atom. The summed E-state index contributed by atoms with van der Waals surface area (Å²) in [5.74, 6) is 1.93. The maximum atomic E-state index is 13.0.